The van der Waals surface area contributed by atoms with E-state index in [1.807, 2.05) is 6.92 Å². The van der Waals surface area contributed by atoms with Crippen LogP contribution in [0.1, 0.15) is 24.2 Å². The summed E-state index contributed by atoms with van der Waals surface area (Å²) in [6.45, 7) is 2.67. The number of nitrogens with two attached hydrogens (primary N) is 1. The number of aryl methyl sites for hydroxylation is 1. The van der Waals surface area contributed by atoms with E-state index < -0.39 is 0 Å². The predicted octanol–water partition coefficient (Wildman–Crippen LogP) is 3.01. The number of hydrogen-bond donors (Lipinski definition) is 2. The van der Waals surface area contributed by atoms with E-state index in [4.69, 9.17) is 17.4 Å². The van der Waals surface area contributed by atoms with Gasteiger partial charge in [0.15, 0.2) is 0 Å². The smallest absolute Gasteiger partial charge is 0.124 e. The molecule has 0 aliphatic carbocycles. The van der Waals surface area contributed by atoms with Crippen LogP contribution in [0.3, 0.4) is 0 Å². The molecule has 2 aromatic rings. The van der Waals surface area contributed by atoms with E-state index in [1.54, 1.807) is 16.9 Å². The minimum Gasteiger partial charge on any atom is -0.271 e. The maximum Gasteiger partial charge on any atom is 0.124 e. The number of hydrogen-bond acceptors (Lipinski definition) is 3. The number of nitrogens with one attached hydrogen (secondary N) is 1. The van der Waals surface area contributed by atoms with E-state index >= 15 is 0 Å². The van der Waals surface area contributed by atoms with Gasteiger partial charge in [0.2, 0.25) is 0 Å². The second kappa shape index (κ2) is 6.00. The van der Waals surface area contributed by atoms with Crippen molar-refractivity contribution in [2.75, 3.05) is 0 Å². The van der Waals surface area contributed by atoms with E-state index in [0.29, 0.717) is 17.1 Å². The van der Waals surface area contributed by atoms with Gasteiger partial charge < -0.3 is 0 Å². The van der Waals surface area contributed by atoms with Gasteiger partial charge in [0.05, 0.1) is 22.4 Å². The van der Waals surface area contributed by atoms with Crippen LogP contribution >= 0.6 is 27.5 Å². The molecule has 1 unspecified atom stereocenters. The monoisotopic (exact) mass is 346 g/mol. The Morgan fingerprint density at radius 3 is 2.89 bits per heavy atom. The first-order chi connectivity index (χ1) is 9.08. The SMILES string of the molecule is CCn1ncc(Br)c1C(NN)c1ccc(F)cc1Cl. The summed E-state index contributed by atoms with van der Waals surface area (Å²) in [6, 6.07) is 3.86. The Morgan fingerprint density at radius 1 is 1.58 bits per heavy atom. The van der Waals surface area contributed by atoms with Crippen molar-refractivity contribution in [2.24, 2.45) is 5.84 Å². The van der Waals surface area contributed by atoms with Crippen LogP contribution in [0.15, 0.2) is 28.9 Å². The second-order valence-electron chi connectivity index (χ2n) is 3.96. The van der Waals surface area contributed by atoms with Crippen molar-refractivity contribution in [2.45, 2.75) is 19.5 Å². The van der Waals surface area contributed by atoms with E-state index in [-0.39, 0.29) is 11.9 Å². The topological polar surface area (TPSA) is 55.9 Å². The first-order valence-electron chi connectivity index (χ1n) is 5.70. The highest BCUT2D eigenvalue weighted by Crippen LogP contribution is 2.32. The Morgan fingerprint density at radius 2 is 2.32 bits per heavy atom. The van der Waals surface area contributed by atoms with Gasteiger partial charge in [0, 0.05) is 11.6 Å². The highest BCUT2D eigenvalue weighted by atomic mass is 79.9. The molecule has 1 aromatic carbocycles. The van der Waals surface area contributed by atoms with Gasteiger partial charge in [-0.2, -0.15) is 5.10 Å². The van der Waals surface area contributed by atoms with Crippen LogP contribution in [-0.4, -0.2) is 9.78 Å². The Kier molecular flexibility index (Phi) is 4.57. The van der Waals surface area contributed by atoms with Gasteiger partial charge in [-0.15, -0.1) is 0 Å². The molecule has 0 radical (unpaired) electrons. The molecule has 102 valence electrons. The quantitative estimate of drug-likeness (QED) is 0.660. The molecule has 0 aliphatic rings. The largest absolute Gasteiger partial charge is 0.271 e. The van der Waals surface area contributed by atoms with Crippen molar-refractivity contribution in [3.05, 3.63) is 51.0 Å². The number of halogens is 3. The molecule has 7 heteroatoms. The fourth-order valence-corrected chi connectivity index (χ4v) is 2.76. The van der Waals surface area contributed by atoms with Gasteiger partial charge in [-0.25, -0.2) is 9.82 Å². The summed E-state index contributed by atoms with van der Waals surface area (Å²) in [5.74, 6) is 5.25. The van der Waals surface area contributed by atoms with Crippen molar-refractivity contribution >= 4 is 27.5 Å². The van der Waals surface area contributed by atoms with Crippen molar-refractivity contribution < 1.29 is 4.39 Å². The van der Waals surface area contributed by atoms with Crippen LogP contribution in [0.5, 0.6) is 0 Å². The zero-order chi connectivity index (χ0) is 14.0. The van der Waals surface area contributed by atoms with Crippen molar-refractivity contribution in [1.82, 2.24) is 15.2 Å². The van der Waals surface area contributed by atoms with Gasteiger partial charge in [-0.3, -0.25) is 10.5 Å². The van der Waals surface area contributed by atoms with Gasteiger partial charge in [-0.1, -0.05) is 17.7 Å². The summed E-state index contributed by atoms with van der Waals surface area (Å²) in [6.07, 6.45) is 1.70. The molecule has 0 saturated heterocycles. The second-order valence-corrected chi connectivity index (χ2v) is 5.22. The van der Waals surface area contributed by atoms with Crippen LogP contribution in [-0.2, 0) is 6.54 Å². The summed E-state index contributed by atoms with van der Waals surface area (Å²) in [7, 11) is 0. The lowest BCUT2D eigenvalue weighted by atomic mass is 10.0. The highest BCUT2D eigenvalue weighted by Gasteiger charge is 2.22. The van der Waals surface area contributed by atoms with Crippen molar-refractivity contribution in [3.63, 3.8) is 0 Å². The Hall–Kier alpha value is -0.950. The predicted molar refractivity (Wildman–Crippen MR) is 76.2 cm³/mol. The molecule has 0 spiro atoms. The molecular weight excluding hydrogens is 335 g/mol. The minimum absolute atomic E-state index is 0.318. The molecule has 4 nitrogen and oxygen atoms in total. The molecule has 0 saturated carbocycles. The van der Waals surface area contributed by atoms with E-state index in [0.717, 1.165) is 10.2 Å². The standard InChI is InChI=1S/C12H13BrClFN4/c1-2-19-12(9(13)6-17-19)11(18-16)8-4-3-7(15)5-10(8)14/h3-6,11,18H,2,16H2,1H3. The summed E-state index contributed by atoms with van der Waals surface area (Å²) in [5, 5.41) is 4.55. The molecule has 0 amide bonds. The molecule has 2 rings (SSSR count). The van der Waals surface area contributed by atoms with Crippen LogP contribution in [0.4, 0.5) is 4.39 Å². The molecular formula is C12H13BrClFN4. The lowest BCUT2D eigenvalue weighted by Crippen LogP contribution is -2.31. The molecule has 3 N–H and O–H groups in total. The van der Waals surface area contributed by atoms with Gasteiger partial charge in [0.1, 0.15) is 5.82 Å². The Bertz CT molecular complexity index is 587. The van der Waals surface area contributed by atoms with Crippen LogP contribution < -0.4 is 11.3 Å². The highest BCUT2D eigenvalue weighted by molar-refractivity contribution is 9.10. The average molecular weight is 348 g/mol. The van der Waals surface area contributed by atoms with Gasteiger partial charge in [-0.05, 0) is 40.5 Å². The number of rotatable bonds is 4. The maximum atomic E-state index is 13.1. The summed E-state index contributed by atoms with van der Waals surface area (Å²) in [5.41, 5.74) is 4.24. The Balaban J connectivity index is 2.52. The zero-order valence-corrected chi connectivity index (χ0v) is 12.5. The summed E-state index contributed by atoms with van der Waals surface area (Å²) in [4.78, 5) is 0. The Labute approximate surface area is 123 Å². The molecule has 1 heterocycles. The number of aromatic nitrogens is 2. The van der Waals surface area contributed by atoms with Crippen LogP contribution in [0.2, 0.25) is 5.02 Å². The van der Waals surface area contributed by atoms with Gasteiger partial charge in [0.25, 0.3) is 0 Å². The molecule has 0 fully saturated rings. The zero-order valence-electron chi connectivity index (χ0n) is 10.2. The minimum atomic E-state index is -0.382. The fraction of sp³-hybridized carbons (Fsp3) is 0.250. The first-order valence-corrected chi connectivity index (χ1v) is 6.87. The van der Waals surface area contributed by atoms with E-state index in [9.17, 15) is 4.39 Å². The lowest BCUT2D eigenvalue weighted by Gasteiger charge is -2.19. The third-order valence-electron chi connectivity index (χ3n) is 2.85. The summed E-state index contributed by atoms with van der Waals surface area (Å²) < 4.78 is 15.7. The number of benzene rings is 1. The van der Waals surface area contributed by atoms with E-state index in [1.165, 1.54) is 12.1 Å². The molecule has 1 atom stereocenters. The molecule has 1 aromatic heterocycles. The lowest BCUT2D eigenvalue weighted by molar-refractivity contribution is 0.540. The molecule has 0 bridgehead atoms. The molecule has 0 aliphatic heterocycles. The number of hydrazine groups is 1. The van der Waals surface area contributed by atoms with E-state index in [2.05, 4.69) is 26.5 Å². The molecule has 19 heavy (non-hydrogen) atoms. The average Bonchev–Trinajstić information content (AvgIpc) is 2.74. The number of nitrogens with zero attached hydrogens (tertiary/aromatic N) is 2. The van der Waals surface area contributed by atoms with Crippen LogP contribution in [0, 0.1) is 5.82 Å². The third kappa shape index (κ3) is 2.81. The van der Waals surface area contributed by atoms with Gasteiger partial charge >= 0.3 is 0 Å². The summed E-state index contributed by atoms with van der Waals surface area (Å²) >= 11 is 9.53. The normalized spacial score (nSPS) is 12.7. The first kappa shape index (κ1) is 14.5. The maximum absolute atomic E-state index is 13.1. The fourth-order valence-electron chi connectivity index (χ4n) is 1.96. The van der Waals surface area contributed by atoms with Crippen LogP contribution in [0.25, 0.3) is 0 Å². The van der Waals surface area contributed by atoms with Crippen molar-refractivity contribution in [3.8, 4) is 0 Å². The van der Waals surface area contributed by atoms with Crippen molar-refractivity contribution in [1.29, 1.82) is 0 Å². The third-order valence-corrected chi connectivity index (χ3v) is 3.78.